The minimum absolute atomic E-state index is 0.0732. The van der Waals surface area contributed by atoms with Gasteiger partial charge in [-0.2, -0.15) is 13.2 Å². The van der Waals surface area contributed by atoms with Gasteiger partial charge in [0.1, 0.15) is 12.2 Å². The van der Waals surface area contributed by atoms with Gasteiger partial charge in [0.25, 0.3) is 5.91 Å². The Morgan fingerprint density at radius 3 is 2.29 bits per heavy atom. The Bertz CT molecular complexity index is 556. The molecule has 0 radical (unpaired) electrons. The van der Waals surface area contributed by atoms with Crippen LogP contribution in [0.5, 0.6) is 0 Å². The van der Waals surface area contributed by atoms with E-state index in [2.05, 4.69) is 4.98 Å². The van der Waals surface area contributed by atoms with Crippen molar-refractivity contribution in [3.05, 3.63) is 29.1 Å². The minimum atomic E-state index is -4.52. The van der Waals surface area contributed by atoms with Gasteiger partial charge in [0.05, 0.1) is 11.3 Å². The standard InChI is InChI=1S/C13H15F3N2O3/c1-7(2)18(6-13(14,15)16)11(19)10-5-4-9(12(20)21)8(3)17-10/h4-5,7H,6H2,1-3H3,(H,20,21). The molecule has 1 amide bonds. The first kappa shape index (κ1) is 16.9. The van der Waals surface area contributed by atoms with E-state index >= 15 is 0 Å². The lowest BCUT2D eigenvalue weighted by atomic mass is 10.1. The number of carboxylic acids is 1. The van der Waals surface area contributed by atoms with Crippen molar-refractivity contribution in [1.29, 1.82) is 0 Å². The molecule has 0 aliphatic carbocycles. The molecule has 0 saturated heterocycles. The third kappa shape index (κ3) is 4.44. The lowest BCUT2D eigenvalue weighted by Crippen LogP contribution is -2.43. The molecule has 116 valence electrons. The van der Waals surface area contributed by atoms with Gasteiger partial charge in [-0.1, -0.05) is 0 Å². The molecule has 1 aromatic heterocycles. The first-order valence-electron chi connectivity index (χ1n) is 6.11. The van der Waals surface area contributed by atoms with Crippen molar-refractivity contribution in [3.63, 3.8) is 0 Å². The number of amides is 1. The lowest BCUT2D eigenvalue weighted by Gasteiger charge is -2.27. The maximum Gasteiger partial charge on any atom is 0.406 e. The van der Waals surface area contributed by atoms with Crippen LogP contribution in [0.1, 0.15) is 40.4 Å². The van der Waals surface area contributed by atoms with Crippen molar-refractivity contribution in [2.45, 2.75) is 33.0 Å². The van der Waals surface area contributed by atoms with Crippen LogP contribution in [0.3, 0.4) is 0 Å². The molecule has 0 unspecified atom stereocenters. The van der Waals surface area contributed by atoms with Crippen molar-refractivity contribution in [3.8, 4) is 0 Å². The van der Waals surface area contributed by atoms with Crippen LogP contribution in [0.15, 0.2) is 12.1 Å². The number of pyridine rings is 1. The number of rotatable bonds is 4. The highest BCUT2D eigenvalue weighted by molar-refractivity contribution is 5.94. The van der Waals surface area contributed by atoms with Crippen molar-refractivity contribution in [2.75, 3.05) is 6.54 Å². The van der Waals surface area contributed by atoms with Crippen LogP contribution in [-0.4, -0.2) is 45.6 Å². The molecule has 1 rings (SSSR count). The summed E-state index contributed by atoms with van der Waals surface area (Å²) in [5, 5.41) is 8.86. The molecular weight excluding hydrogens is 289 g/mol. The molecule has 0 aliphatic rings. The highest BCUT2D eigenvalue weighted by Crippen LogP contribution is 2.20. The molecule has 1 aromatic rings. The minimum Gasteiger partial charge on any atom is -0.478 e. The number of alkyl halides is 3. The lowest BCUT2D eigenvalue weighted by molar-refractivity contribution is -0.143. The number of carbonyl (C=O) groups excluding carboxylic acids is 1. The quantitative estimate of drug-likeness (QED) is 0.928. The Morgan fingerprint density at radius 1 is 1.33 bits per heavy atom. The molecule has 0 aromatic carbocycles. The summed E-state index contributed by atoms with van der Waals surface area (Å²) in [6, 6.07) is 1.61. The largest absolute Gasteiger partial charge is 0.478 e. The molecule has 8 heteroatoms. The van der Waals surface area contributed by atoms with E-state index < -0.39 is 30.6 Å². The molecule has 0 bridgehead atoms. The van der Waals surface area contributed by atoms with Crippen LogP contribution in [0.2, 0.25) is 0 Å². The zero-order chi connectivity index (χ0) is 16.4. The zero-order valence-electron chi connectivity index (χ0n) is 11.7. The molecule has 0 spiro atoms. The molecule has 0 aliphatic heterocycles. The van der Waals surface area contributed by atoms with Gasteiger partial charge in [-0.15, -0.1) is 0 Å². The summed E-state index contributed by atoms with van der Waals surface area (Å²) in [7, 11) is 0. The average molecular weight is 304 g/mol. The van der Waals surface area contributed by atoms with Crippen LogP contribution in [-0.2, 0) is 0 Å². The van der Waals surface area contributed by atoms with Gasteiger partial charge in [0.2, 0.25) is 0 Å². The third-order valence-electron chi connectivity index (χ3n) is 2.77. The van der Waals surface area contributed by atoms with Crippen LogP contribution in [0, 0.1) is 6.92 Å². The Hall–Kier alpha value is -2.12. The summed E-state index contributed by atoms with van der Waals surface area (Å²) in [6.07, 6.45) is -4.52. The van der Waals surface area contributed by atoms with Gasteiger partial charge in [-0.05, 0) is 32.9 Å². The SMILES string of the molecule is Cc1nc(C(=O)N(CC(F)(F)F)C(C)C)ccc1C(=O)O. The first-order chi connectivity index (χ1) is 9.53. The molecule has 21 heavy (non-hydrogen) atoms. The normalized spacial score (nSPS) is 11.6. The number of aryl methyl sites for hydroxylation is 1. The zero-order valence-corrected chi connectivity index (χ0v) is 11.7. The van der Waals surface area contributed by atoms with Gasteiger partial charge in [-0.3, -0.25) is 4.79 Å². The summed E-state index contributed by atoms with van der Waals surface area (Å²) < 4.78 is 37.5. The number of hydrogen-bond acceptors (Lipinski definition) is 3. The predicted molar refractivity (Wildman–Crippen MR) is 68.2 cm³/mol. The molecule has 0 atom stereocenters. The second-order valence-electron chi connectivity index (χ2n) is 4.78. The Labute approximate surface area is 119 Å². The number of nitrogens with zero attached hydrogens (tertiary/aromatic N) is 2. The van der Waals surface area contributed by atoms with Crippen molar-refractivity contribution in [1.82, 2.24) is 9.88 Å². The van der Waals surface area contributed by atoms with Gasteiger partial charge >= 0.3 is 12.1 Å². The van der Waals surface area contributed by atoms with E-state index in [0.29, 0.717) is 4.90 Å². The van der Waals surface area contributed by atoms with Crippen molar-refractivity contribution >= 4 is 11.9 Å². The summed E-state index contributed by atoms with van der Waals surface area (Å²) in [6.45, 7) is 2.92. The van der Waals surface area contributed by atoms with Crippen molar-refractivity contribution < 1.29 is 27.9 Å². The molecule has 0 fully saturated rings. The van der Waals surface area contributed by atoms with E-state index in [9.17, 15) is 22.8 Å². The van der Waals surface area contributed by atoms with E-state index in [0.717, 1.165) is 12.1 Å². The number of carbonyl (C=O) groups is 2. The van der Waals surface area contributed by atoms with Gasteiger partial charge in [-0.25, -0.2) is 9.78 Å². The average Bonchev–Trinajstić information content (AvgIpc) is 2.33. The smallest absolute Gasteiger partial charge is 0.406 e. The Morgan fingerprint density at radius 2 is 1.90 bits per heavy atom. The van der Waals surface area contributed by atoms with E-state index in [1.54, 1.807) is 0 Å². The maximum atomic E-state index is 12.5. The number of hydrogen-bond donors (Lipinski definition) is 1. The summed E-state index contributed by atoms with van der Waals surface area (Å²) in [5.74, 6) is -2.10. The summed E-state index contributed by atoms with van der Waals surface area (Å²) in [5.41, 5.74) is -0.238. The Balaban J connectivity index is 3.10. The number of aromatic nitrogens is 1. The maximum absolute atomic E-state index is 12.5. The van der Waals surface area contributed by atoms with Crippen molar-refractivity contribution in [2.24, 2.45) is 0 Å². The summed E-state index contributed by atoms with van der Waals surface area (Å²) >= 11 is 0. The topological polar surface area (TPSA) is 70.5 Å². The van der Waals surface area contributed by atoms with Crippen LogP contribution in [0.25, 0.3) is 0 Å². The number of aromatic carboxylic acids is 1. The fourth-order valence-electron chi connectivity index (χ4n) is 1.74. The number of carboxylic acid groups (broad SMARTS) is 1. The van der Waals surface area contributed by atoms with E-state index in [1.165, 1.54) is 20.8 Å². The van der Waals surface area contributed by atoms with E-state index in [-0.39, 0.29) is 17.0 Å². The molecule has 0 saturated carbocycles. The second-order valence-corrected chi connectivity index (χ2v) is 4.78. The fourth-order valence-corrected chi connectivity index (χ4v) is 1.74. The monoisotopic (exact) mass is 304 g/mol. The van der Waals surface area contributed by atoms with E-state index in [1.807, 2.05) is 0 Å². The van der Waals surface area contributed by atoms with Crippen LogP contribution >= 0.6 is 0 Å². The van der Waals surface area contributed by atoms with Gasteiger partial charge < -0.3 is 10.0 Å². The first-order valence-corrected chi connectivity index (χ1v) is 6.11. The van der Waals surface area contributed by atoms with Gasteiger partial charge in [0.15, 0.2) is 0 Å². The second kappa shape index (κ2) is 6.11. The van der Waals surface area contributed by atoms with Gasteiger partial charge in [0, 0.05) is 6.04 Å². The Kier molecular flexibility index (Phi) is 4.93. The van der Waals surface area contributed by atoms with Crippen LogP contribution < -0.4 is 0 Å². The molecule has 1 heterocycles. The van der Waals surface area contributed by atoms with Crippen LogP contribution in [0.4, 0.5) is 13.2 Å². The highest BCUT2D eigenvalue weighted by atomic mass is 19.4. The molecule has 1 N–H and O–H groups in total. The fraction of sp³-hybridized carbons (Fsp3) is 0.462. The molecular formula is C13H15F3N2O3. The summed E-state index contributed by atoms with van der Waals surface area (Å²) in [4.78, 5) is 27.4. The van der Waals surface area contributed by atoms with E-state index in [4.69, 9.17) is 5.11 Å². The number of halogens is 3. The predicted octanol–water partition coefficient (Wildman–Crippen LogP) is 2.50. The molecule has 5 nitrogen and oxygen atoms in total. The third-order valence-corrected chi connectivity index (χ3v) is 2.77. The highest BCUT2D eigenvalue weighted by Gasteiger charge is 2.35.